The van der Waals surface area contributed by atoms with E-state index in [1.807, 2.05) is 6.92 Å². The Morgan fingerprint density at radius 1 is 1.27 bits per heavy atom. The van der Waals surface area contributed by atoms with Gasteiger partial charge in [-0.15, -0.1) is 0 Å². The summed E-state index contributed by atoms with van der Waals surface area (Å²) in [4.78, 5) is 36.4. The minimum atomic E-state index is -1.02. The zero-order valence-corrected chi connectivity index (χ0v) is 15.9. The summed E-state index contributed by atoms with van der Waals surface area (Å²) in [6.45, 7) is 4.95. The molecule has 0 aromatic carbocycles. The number of aryl methyl sites for hydroxylation is 2. The van der Waals surface area contributed by atoms with Crippen molar-refractivity contribution in [1.29, 1.82) is 0 Å². The lowest BCUT2D eigenvalue weighted by molar-refractivity contribution is -0.144. The van der Waals surface area contributed by atoms with Gasteiger partial charge in [-0.05, 0) is 57.8 Å². The first-order chi connectivity index (χ1) is 12.3. The zero-order chi connectivity index (χ0) is 19.0. The van der Waals surface area contributed by atoms with Gasteiger partial charge in [-0.3, -0.25) is 14.3 Å². The molecule has 26 heavy (non-hydrogen) atoms. The lowest BCUT2D eigenvalue weighted by Crippen LogP contribution is -2.42. The number of hydrogen-bond donors (Lipinski definition) is 1. The number of ketones is 1. The van der Waals surface area contributed by atoms with Gasteiger partial charge in [0.2, 0.25) is 0 Å². The third-order valence-corrected chi connectivity index (χ3v) is 6.08. The normalized spacial score (nSPS) is 25.2. The Kier molecular flexibility index (Phi) is 5.16. The first-order valence-corrected chi connectivity index (χ1v) is 9.29. The van der Waals surface area contributed by atoms with Crippen molar-refractivity contribution in [1.82, 2.24) is 15.1 Å². The van der Waals surface area contributed by atoms with Crippen molar-refractivity contribution in [2.24, 2.45) is 24.8 Å². The van der Waals surface area contributed by atoms with Gasteiger partial charge in [0.05, 0.1) is 11.3 Å². The van der Waals surface area contributed by atoms with Crippen LogP contribution in [0.25, 0.3) is 0 Å². The number of carbonyl (C=O) groups is 3. The van der Waals surface area contributed by atoms with E-state index in [9.17, 15) is 14.4 Å². The van der Waals surface area contributed by atoms with Crippen LogP contribution in [-0.2, 0) is 21.4 Å². The number of hydrogen-bond acceptors (Lipinski definition) is 5. The molecule has 0 radical (unpaired) electrons. The summed E-state index contributed by atoms with van der Waals surface area (Å²) < 4.78 is 6.47. The topological polar surface area (TPSA) is 90.3 Å². The predicted octanol–water partition coefficient (Wildman–Crippen LogP) is 1.70. The summed E-state index contributed by atoms with van der Waals surface area (Å²) in [6.07, 6.45) is 5.01. The van der Waals surface area contributed by atoms with Gasteiger partial charge in [0.15, 0.2) is 6.61 Å². The summed E-state index contributed by atoms with van der Waals surface area (Å²) in [5, 5.41) is 7.04. The number of nitrogens with one attached hydrogen (secondary N) is 1. The number of rotatable bonds is 6. The highest BCUT2D eigenvalue weighted by Crippen LogP contribution is 2.49. The fourth-order valence-corrected chi connectivity index (χ4v) is 4.71. The Morgan fingerprint density at radius 2 is 2.00 bits per heavy atom. The molecule has 7 nitrogen and oxygen atoms in total. The van der Waals surface area contributed by atoms with Crippen molar-refractivity contribution in [2.75, 3.05) is 6.61 Å². The highest BCUT2D eigenvalue weighted by atomic mass is 16.5. The lowest BCUT2D eigenvalue weighted by Gasteiger charge is -2.28. The van der Waals surface area contributed by atoms with Crippen molar-refractivity contribution in [3.05, 3.63) is 17.0 Å². The average molecular weight is 361 g/mol. The summed E-state index contributed by atoms with van der Waals surface area (Å²) in [6, 6.07) is 0.0648. The van der Waals surface area contributed by atoms with Gasteiger partial charge in [-0.2, -0.15) is 5.10 Å². The number of carbonyl (C=O) groups excluding carboxylic acids is 3. The molecular formula is C19H27N3O4. The Hall–Kier alpha value is -2.18. The van der Waals surface area contributed by atoms with Crippen LogP contribution in [0, 0.1) is 31.6 Å². The van der Waals surface area contributed by atoms with Crippen molar-refractivity contribution < 1.29 is 19.1 Å². The summed E-state index contributed by atoms with van der Waals surface area (Å²) in [5.41, 5.74) is 1.31. The first kappa shape index (κ1) is 18.6. The summed E-state index contributed by atoms with van der Waals surface area (Å²) in [5.74, 6) is -0.118. The SMILES string of the molecule is Cc1nn(C)c(C)c1C(=O)C(=O)OCC(=O)N[C@H](C)[C@@H]1C[C@H]2CC[C@H]1C2. The molecule has 2 saturated carbocycles. The maximum absolute atomic E-state index is 12.3. The molecule has 1 heterocycles. The molecule has 0 spiro atoms. The van der Waals surface area contributed by atoms with E-state index in [0.29, 0.717) is 23.2 Å². The molecule has 0 unspecified atom stereocenters. The molecule has 1 N–H and O–H groups in total. The molecule has 3 rings (SSSR count). The molecular weight excluding hydrogens is 334 g/mol. The molecule has 1 amide bonds. The monoisotopic (exact) mass is 361 g/mol. The molecule has 7 heteroatoms. The minimum Gasteiger partial charge on any atom is -0.450 e. The van der Waals surface area contributed by atoms with Crippen LogP contribution in [0.1, 0.15) is 54.4 Å². The lowest BCUT2D eigenvalue weighted by atomic mass is 9.84. The second-order valence-electron chi connectivity index (χ2n) is 7.77. The van der Waals surface area contributed by atoms with E-state index in [2.05, 4.69) is 10.4 Å². The minimum absolute atomic E-state index is 0.0648. The first-order valence-electron chi connectivity index (χ1n) is 9.29. The van der Waals surface area contributed by atoms with Gasteiger partial charge in [0, 0.05) is 18.8 Å². The smallest absolute Gasteiger partial charge is 0.380 e. The van der Waals surface area contributed by atoms with Crippen LogP contribution in [0.2, 0.25) is 0 Å². The molecule has 1 aromatic rings. The molecule has 142 valence electrons. The van der Waals surface area contributed by atoms with E-state index in [4.69, 9.17) is 4.74 Å². The highest BCUT2D eigenvalue weighted by molar-refractivity contribution is 6.41. The van der Waals surface area contributed by atoms with Gasteiger partial charge < -0.3 is 10.1 Å². The van der Waals surface area contributed by atoms with Gasteiger partial charge >= 0.3 is 5.97 Å². The number of nitrogens with zero attached hydrogens (tertiary/aromatic N) is 2. The standard InChI is InChI=1S/C19H27N3O4/c1-10(15-8-13-5-6-14(15)7-13)20-16(23)9-26-19(25)18(24)17-11(2)21-22(4)12(17)3/h10,13-15H,5-9H2,1-4H3,(H,20,23)/t10-,13+,14+,15+/m1/s1. The zero-order valence-electron chi connectivity index (χ0n) is 15.9. The maximum atomic E-state index is 12.3. The van der Waals surface area contributed by atoms with E-state index >= 15 is 0 Å². The molecule has 1 aromatic heterocycles. The van der Waals surface area contributed by atoms with Crippen LogP contribution in [0.3, 0.4) is 0 Å². The highest BCUT2D eigenvalue weighted by Gasteiger charge is 2.42. The second kappa shape index (κ2) is 7.21. The molecule has 2 fully saturated rings. The largest absolute Gasteiger partial charge is 0.450 e. The van der Waals surface area contributed by atoms with Gasteiger partial charge in [-0.1, -0.05) is 6.42 Å². The van der Waals surface area contributed by atoms with E-state index in [0.717, 1.165) is 5.92 Å². The van der Waals surface area contributed by atoms with E-state index < -0.39 is 18.4 Å². The fraction of sp³-hybridized carbons (Fsp3) is 0.684. The van der Waals surface area contributed by atoms with Crippen molar-refractivity contribution in [3.8, 4) is 0 Å². The van der Waals surface area contributed by atoms with Crippen molar-refractivity contribution in [3.63, 3.8) is 0 Å². The number of amides is 1. The molecule has 2 bridgehead atoms. The van der Waals surface area contributed by atoms with Crippen LogP contribution in [-0.4, -0.2) is 40.1 Å². The Morgan fingerprint density at radius 3 is 2.54 bits per heavy atom. The van der Waals surface area contributed by atoms with Gasteiger partial charge in [0.1, 0.15) is 0 Å². The molecule has 0 aliphatic heterocycles. The predicted molar refractivity (Wildman–Crippen MR) is 94.5 cm³/mol. The number of fused-ring (bicyclic) bond motifs is 2. The number of Topliss-reactive ketones (excluding diaryl/α,β-unsaturated/α-hetero) is 1. The van der Waals surface area contributed by atoms with E-state index in [-0.39, 0.29) is 17.5 Å². The van der Waals surface area contributed by atoms with Crippen LogP contribution < -0.4 is 5.32 Å². The van der Waals surface area contributed by atoms with E-state index in [1.165, 1.54) is 25.7 Å². The summed E-state index contributed by atoms with van der Waals surface area (Å²) in [7, 11) is 1.70. The fourth-order valence-electron chi connectivity index (χ4n) is 4.71. The van der Waals surface area contributed by atoms with Crippen LogP contribution in [0.4, 0.5) is 0 Å². The second-order valence-corrected chi connectivity index (χ2v) is 7.77. The van der Waals surface area contributed by atoms with Crippen LogP contribution in [0.5, 0.6) is 0 Å². The maximum Gasteiger partial charge on any atom is 0.380 e. The molecule has 2 aliphatic carbocycles. The van der Waals surface area contributed by atoms with Crippen molar-refractivity contribution >= 4 is 17.7 Å². The Labute approximate surface area is 153 Å². The Bertz CT molecular complexity index is 739. The molecule has 2 aliphatic rings. The third-order valence-electron chi connectivity index (χ3n) is 6.08. The van der Waals surface area contributed by atoms with E-state index in [1.54, 1.807) is 25.6 Å². The van der Waals surface area contributed by atoms with Crippen molar-refractivity contribution in [2.45, 2.75) is 52.5 Å². The quantitative estimate of drug-likeness (QED) is 0.473. The Balaban J connectivity index is 1.49. The summed E-state index contributed by atoms with van der Waals surface area (Å²) >= 11 is 0. The van der Waals surface area contributed by atoms with Gasteiger partial charge in [0.25, 0.3) is 11.7 Å². The van der Waals surface area contributed by atoms with Crippen LogP contribution >= 0.6 is 0 Å². The third kappa shape index (κ3) is 3.52. The number of aromatic nitrogens is 2. The molecule has 4 atom stereocenters. The molecule has 0 saturated heterocycles. The number of esters is 1. The average Bonchev–Trinajstić information content (AvgIpc) is 3.28. The number of ether oxygens (including phenoxy) is 1. The van der Waals surface area contributed by atoms with Crippen LogP contribution in [0.15, 0.2) is 0 Å². The van der Waals surface area contributed by atoms with Gasteiger partial charge in [-0.25, -0.2) is 4.79 Å².